The molecule has 1 rings (SSSR count). The van der Waals surface area contributed by atoms with Crippen LogP contribution in [-0.2, 0) is 4.79 Å². The molecule has 0 spiro atoms. The van der Waals surface area contributed by atoms with Gasteiger partial charge < -0.3 is 10.8 Å². The van der Waals surface area contributed by atoms with Gasteiger partial charge in [0.25, 0.3) is 0 Å². The number of ketones is 1. The fourth-order valence-electron chi connectivity index (χ4n) is 1.27. The predicted octanol–water partition coefficient (Wildman–Crippen LogP) is 0.755. The van der Waals surface area contributed by atoms with Gasteiger partial charge in [-0.3, -0.25) is 4.79 Å². The molecule has 3 heteroatoms. The highest BCUT2D eigenvalue weighted by molar-refractivity contribution is 5.91. The fourth-order valence-corrected chi connectivity index (χ4v) is 1.27. The van der Waals surface area contributed by atoms with Gasteiger partial charge in [-0.15, -0.1) is 0 Å². The van der Waals surface area contributed by atoms with Crippen LogP contribution in [0.25, 0.3) is 0 Å². The van der Waals surface area contributed by atoms with Crippen LogP contribution < -0.4 is 5.73 Å². The van der Waals surface area contributed by atoms with Gasteiger partial charge in [-0.25, -0.2) is 0 Å². The maximum Gasteiger partial charge on any atom is 0.159 e. The van der Waals surface area contributed by atoms with Crippen molar-refractivity contribution in [2.75, 3.05) is 0 Å². The van der Waals surface area contributed by atoms with Crippen LogP contribution in [-0.4, -0.2) is 16.9 Å². The maximum atomic E-state index is 10.9. The molecule has 0 aromatic heterocycles. The van der Waals surface area contributed by atoms with Crippen molar-refractivity contribution in [1.29, 1.82) is 0 Å². The molecule has 0 aromatic carbocycles. The summed E-state index contributed by atoms with van der Waals surface area (Å²) in [4.78, 5) is 10.9. The Morgan fingerprint density at radius 3 is 2.82 bits per heavy atom. The molecule has 1 aliphatic carbocycles. The van der Waals surface area contributed by atoms with Crippen LogP contribution >= 0.6 is 0 Å². The van der Waals surface area contributed by atoms with E-state index in [2.05, 4.69) is 0 Å². The van der Waals surface area contributed by atoms with Crippen molar-refractivity contribution < 1.29 is 9.90 Å². The van der Waals surface area contributed by atoms with Crippen molar-refractivity contribution in [3.63, 3.8) is 0 Å². The summed E-state index contributed by atoms with van der Waals surface area (Å²) in [6.45, 7) is 1.86. The van der Waals surface area contributed by atoms with Crippen LogP contribution in [0.5, 0.6) is 0 Å². The zero-order chi connectivity index (χ0) is 8.43. The minimum absolute atomic E-state index is 0.0175. The standard InChI is InChI=1S/C8H13NO2/c1-5(9)6-2-7(10)4-8(11)3-6/h4-6,10H,2-3,9H2,1H3. The summed E-state index contributed by atoms with van der Waals surface area (Å²) in [5, 5.41) is 9.08. The van der Waals surface area contributed by atoms with Gasteiger partial charge in [0.1, 0.15) is 0 Å². The normalized spacial score (nSPS) is 28.0. The molecule has 62 valence electrons. The average Bonchev–Trinajstić information content (AvgIpc) is 1.85. The maximum absolute atomic E-state index is 10.9. The monoisotopic (exact) mass is 155 g/mol. The highest BCUT2D eigenvalue weighted by Crippen LogP contribution is 2.22. The van der Waals surface area contributed by atoms with Crippen molar-refractivity contribution in [3.8, 4) is 0 Å². The van der Waals surface area contributed by atoms with E-state index in [9.17, 15) is 4.79 Å². The lowest BCUT2D eigenvalue weighted by Crippen LogP contribution is -2.30. The Labute approximate surface area is 65.9 Å². The van der Waals surface area contributed by atoms with E-state index >= 15 is 0 Å². The van der Waals surface area contributed by atoms with E-state index in [1.54, 1.807) is 0 Å². The number of carbonyl (C=O) groups is 1. The molecule has 0 radical (unpaired) electrons. The molecule has 3 N–H and O–H groups in total. The molecule has 0 saturated heterocycles. The number of hydrogen-bond acceptors (Lipinski definition) is 3. The average molecular weight is 155 g/mol. The molecular formula is C8H13NO2. The molecule has 11 heavy (non-hydrogen) atoms. The highest BCUT2D eigenvalue weighted by atomic mass is 16.3. The third-order valence-electron chi connectivity index (χ3n) is 2.01. The van der Waals surface area contributed by atoms with Gasteiger partial charge in [0, 0.05) is 25.0 Å². The molecule has 3 nitrogen and oxygen atoms in total. The first-order valence-electron chi connectivity index (χ1n) is 3.77. The van der Waals surface area contributed by atoms with Gasteiger partial charge in [0.2, 0.25) is 0 Å². The Kier molecular flexibility index (Phi) is 2.29. The van der Waals surface area contributed by atoms with E-state index in [4.69, 9.17) is 10.8 Å². The van der Waals surface area contributed by atoms with Crippen molar-refractivity contribution in [3.05, 3.63) is 11.8 Å². The zero-order valence-corrected chi connectivity index (χ0v) is 6.58. The zero-order valence-electron chi connectivity index (χ0n) is 6.58. The second kappa shape index (κ2) is 3.05. The van der Waals surface area contributed by atoms with Crippen molar-refractivity contribution in [2.24, 2.45) is 11.7 Å². The van der Waals surface area contributed by atoms with Gasteiger partial charge in [0.05, 0.1) is 5.76 Å². The first-order valence-corrected chi connectivity index (χ1v) is 3.77. The third-order valence-corrected chi connectivity index (χ3v) is 2.01. The van der Waals surface area contributed by atoms with Gasteiger partial charge in [-0.1, -0.05) is 0 Å². The lowest BCUT2D eigenvalue weighted by molar-refractivity contribution is -0.116. The molecule has 2 unspecified atom stereocenters. The van der Waals surface area contributed by atoms with Crippen LogP contribution in [0, 0.1) is 5.92 Å². The molecule has 2 atom stereocenters. The van der Waals surface area contributed by atoms with Gasteiger partial charge in [0.15, 0.2) is 5.78 Å². The Hall–Kier alpha value is -0.830. The third kappa shape index (κ3) is 2.05. The number of aliphatic hydroxyl groups excluding tert-OH is 1. The Morgan fingerprint density at radius 1 is 1.73 bits per heavy atom. The summed E-state index contributed by atoms with van der Waals surface area (Å²) in [6, 6.07) is -0.0187. The van der Waals surface area contributed by atoms with E-state index in [1.807, 2.05) is 6.92 Å². The summed E-state index contributed by atoms with van der Waals surface area (Å²) in [6.07, 6.45) is 2.31. The minimum atomic E-state index is -0.0187. The molecule has 0 aromatic rings. The van der Waals surface area contributed by atoms with Gasteiger partial charge in [-0.2, -0.15) is 0 Å². The number of allylic oxidation sites excluding steroid dienone is 2. The van der Waals surface area contributed by atoms with Crippen LogP contribution in [0.15, 0.2) is 11.8 Å². The molecule has 0 heterocycles. The predicted molar refractivity (Wildman–Crippen MR) is 42.1 cm³/mol. The van der Waals surface area contributed by atoms with E-state index in [1.165, 1.54) is 6.08 Å². The minimum Gasteiger partial charge on any atom is -0.512 e. The second-order valence-corrected chi connectivity index (χ2v) is 3.13. The number of rotatable bonds is 1. The van der Waals surface area contributed by atoms with Gasteiger partial charge >= 0.3 is 0 Å². The smallest absolute Gasteiger partial charge is 0.159 e. The van der Waals surface area contributed by atoms with Crippen molar-refractivity contribution in [2.45, 2.75) is 25.8 Å². The SMILES string of the molecule is CC(N)C1CC(=O)C=C(O)C1. The molecular weight excluding hydrogens is 142 g/mol. The lowest BCUT2D eigenvalue weighted by atomic mass is 9.87. The number of carbonyl (C=O) groups excluding carboxylic acids is 1. The van der Waals surface area contributed by atoms with Crippen LogP contribution in [0.4, 0.5) is 0 Å². The number of aliphatic hydroxyl groups is 1. The quantitative estimate of drug-likeness (QED) is 0.587. The lowest BCUT2D eigenvalue weighted by Gasteiger charge is -2.22. The second-order valence-electron chi connectivity index (χ2n) is 3.13. The summed E-state index contributed by atoms with van der Waals surface area (Å²) in [5.41, 5.74) is 5.60. The summed E-state index contributed by atoms with van der Waals surface area (Å²) >= 11 is 0. The topological polar surface area (TPSA) is 63.3 Å². The van der Waals surface area contributed by atoms with E-state index in [-0.39, 0.29) is 23.5 Å². The van der Waals surface area contributed by atoms with E-state index in [0.717, 1.165) is 0 Å². The van der Waals surface area contributed by atoms with Crippen LogP contribution in [0.1, 0.15) is 19.8 Å². The number of hydrogen-bond donors (Lipinski definition) is 2. The van der Waals surface area contributed by atoms with Crippen LogP contribution in [0.3, 0.4) is 0 Å². The molecule has 0 bridgehead atoms. The first-order chi connectivity index (χ1) is 5.09. The molecule has 0 amide bonds. The highest BCUT2D eigenvalue weighted by Gasteiger charge is 2.22. The van der Waals surface area contributed by atoms with E-state index in [0.29, 0.717) is 12.8 Å². The molecule has 1 aliphatic rings. The first kappa shape index (κ1) is 8.27. The van der Waals surface area contributed by atoms with E-state index < -0.39 is 0 Å². The Balaban J connectivity index is 2.64. The Morgan fingerprint density at radius 2 is 2.36 bits per heavy atom. The van der Waals surface area contributed by atoms with Crippen LogP contribution in [0.2, 0.25) is 0 Å². The van der Waals surface area contributed by atoms with Crippen molar-refractivity contribution >= 4 is 5.78 Å². The Bertz CT molecular complexity index is 196. The molecule has 0 aliphatic heterocycles. The summed E-state index contributed by atoms with van der Waals surface area (Å²) in [7, 11) is 0. The fraction of sp³-hybridized carbons (Fsp3) is 0.625. The van der Waals surface area contributed by atoms with Gasteiger partial charge in [-0.05, 0) is 12.8 Å². The van der Waals surface area contributed by atoms with Crippen molar-refractivity contribution in [1.82, 2.24) is 0 Å². The summed E-state index contributed by atoms with van der Waals surface area (Å²) < 4.78 is 0. The number of nitrogens with two attached hydrogens (primary N) is 1. The molecule has 0 saturated carbocycles. The largest absolute Gasteiger partial charge is 0.512 e. The molecule has 0 fully saturated rings. The summed E-state index contributed by atoms with van der Waals surface area (Å²) in [5.74, 6) is 0.270.